The predicted molar refractivity (Wildman–Crippen MR) is 42.7 cm³/mol. The summed E-state index contributed by atoms with van der Waals surface area (Å²) in [5.41, 5.74) is 0. The molecule has 12 heavy (non-hydrogen) atoms. The minimum Gasteiger partial charge on any atom is -0.351 e. The van der Waals surface area contributed by atoms with Crippen LogP contribution in [0.3, 0.4) is 0 Å². The number of amides is 1. The van der Waals surface area contributed by atoms with Crippen molar-refractivity contribution in [3.63, 3.8) is 0 Å². The molecule has 0 bridgehead atoms. The Morgan fingerprint density at radius 2 is 2.08 bits per heavy atom. The third kappa shape index (κ3) is 1.64. The third-order valence-corrected chi connectivity index (χ3v) is 1.98. The van der Waals surface area contributed by atoms with Gasteiger partial charge in [-0.2, -0.15) is 0 Å². The fraction of sp³-hybridized carbons (Fsp3) is 0.750. The zero-order valence-electron chi connectivity index (χ0n) is 7.32. The predicted octanol–water partition coefficient (Wildman–Crippen LogP) is -0.179. The van der Waals surface area contributed by atoms with Crippen molar-refractivity contribution < 1.29 is 14.3 Å². The highest BCUT2D eigenvalue weighted by Gasteiger charge is 2.46. The third-order valence-electron chi connectivity index (χ3n) is 1.98. The number of hydrogen-bond donors (Lipinski definition) is 0. The van der Waals surface area contributed by atoms with Crippen LogP contribution in [0.25, 0.3) is 0 Å². The number of aldehydes is 1. The van der Waals surface area contributed by atoms with Crippen LogP contribution in [0, 0.1) is 0 Å². The zero-order chi connectivity index (χ0) is 9.14. The number of rotatable bonds is 4. The van der Waals surface area contributed by atoms with Crippen molar-refractivity contribution in [1.82, 2.24) is 4.90 Å². The van der Waals surface area contributed by atoms with Gasteiger partial charge in [0, 0.05) is 13.1 Å². The maximum absolute atomic E-state index is 11.4. The Bertz CT molecular complexity index is 189. The number of ether oxygens (including phenoxy) is 1. The Morgan fingerprint density at radius 3 is 2.42 bits per heavy atom. The van der Waals surface area contributed by atoms with Gasteiger partial charge in [-0.25, -0.2) is 0 Å². The van der Waals surface area contributed by atoms with Gasteiger partial charge in [-0.1, -0.05) is 0 Å². The molecule has 2 atom stereocenters. The Morgan fingerprint density at radius 1 is 1.50 bits per heavy atom. The Kier molecular flexibility index (Phi) is 2.81. The highest BCUT2D eigenvalue weighted by atomic mass is 16.6. The summed E-state index contributed by atoms with van der Waals surface area (Å²) in [6, 6.07) is 0. The molecule has 0 saturated carbocycles. The molecule has 1 heterocycles. The van der Waals surface area contributed by atoms with E-state index in [0.29, 0.717) is 19.4 Å². The lowest BCUT2D eigenvalue weighted by molar-refractivity contribution is -0.132. The SMILES string of the molecule is CCN(CC)C(=O)[C@@H]1O[C@@H]1C=O. The number of nitrogens with zero attached hydrogens (tertiary/aromatic N) is 1. The summed E-state index contributed by atoms with van der Waals surface area (Å²) in [4.78, 5) is 23.2. The smallest absolute Gasteiger partial charge is 0.254 e. The number of carbonyl (C=O) groups excluding carboxylic acids is 2. The highest BCUT2D eigenvalue weighted by Crippen LogP contribution is 2.21. The number of carbonyl (C=O) groups is 2. The van der Waals surface area contributed by atoms with E-state index in [4.69, 9.17) is 4.74 Å². The molecule has 0 aliphatic carbocycles. The van der Waals surface area contributed by atoms with Gasteiger partial charge < -0.3 is 14.4 Å². The summed E-state index contributed by atoms with van der Waals surface area (Å²) < 4.78 is 4.85. The van der Waals surface area contributed by atoms with Crippen LogP contribution in [-0.2, 0) is 14.3 Å². The van der Waals surface area contributed by atoms with Crippen molar-refractivity contribution in [2.75, 3.05) is 13.1 Å². The van der Waals surface area contributed by atoms with Crippen LogP contribution in [0.2, 0.25) is 0 Å². The van der Waals surface area contributed by atoms with Crippen molar-refractivity contribution in [2.24, 2.45) is 0 Å². The summed E-state index contributed by atoms with van der Waals surface area (Å²) in [5, 5.41) is 0. The first-order valence-electron chi connectivity index (χ1n) is 4.14. The molecular weight excluding hydrogens is 158 g/mol. The Labute approximate surface area is 71.5 Å². The molecule has 68 valence electrons. The first-order valence-corrected chi connectivity index (χ1v) is 4.14. The van der Waals surface area contributed by atoms with E-state index in [1.54, 1.807) is 4.90 Å². The largest absolute Gasteiger partial charge is 0.351 e. The first kappa shape index (κ1) is 9.19. The Hall–Kier alpha value is -0.900. The molecule has 0 radical (unpaired) electrons. The van der Waals surface area contributed by atoms with E-state index in [2.05, 4.69) is 0 Å². The first-order chi connectivity index (χ1) is 5.74. The van der Waals surface area contributed by atoms with Crippen LogP contribution < -0.4 is 0 Å². The number of epoxide rings is 1. The normalized spacial score (nSPS) is 26.5. The molecule has 1 aliphatic heterocycles. The minimum atomic E-state index is -0.498. The van der Waals surface area contributed by atoms with Gasteiger partial charge in [-0.15, -0.1) is 0 Å². The molecule has 1 aliphatic rings. The molecule has 1 rings (SSSR count). The van der Waals surface area contributed by atoms with E-state index >= 15 is 0 Å². The summed E-state index contributed by atoms with van der Waals surface area (Å²) in [6.45, 7) is 5.14. The molecule has 0 aromatic rings. The second kappa shape index (κ2) is 3.67. The topological polar surface area (TPSA) is 49.9 Å². The highest BCUT2D eigenvalue weighted by molar-refractivity contribution is 5.88. The molecule has 1 fully saturated rings. The van der Waals surface area contributed by atoms with Gasteiger partial charge in [0.1, 0.15) is 6.10 Å². The molecule has 0 unspecified atom stereocenters. The quantitative estimate of drug-likeness (QED) is 0.435. The molecule has 4 heteroatoms. The van der Waals surface area contributed by atoms with E-state index in [-0.39, 0.29) is 5.91 Å². The maximum atomic E-state index is 11.4. The standard InChI is InChI=1S/C8H13NO3/c1-3-9(4-2)8(11)7-6(5-10)12-7/h5-7H,3-4H2,1-2H3/t6-,7-/m1/s1. The summed E-state index contributed by atoms with van der Waals surface area (Å²) in [6.07, 6.45) is -0.313. The van der Waals surface area contributed by atoms with Crippen LogP contribution in [0.4, 0.5) is 0 Å². The molecule has 0 spiro atoms. The van der Waals surface area contributed by atoms with Gasteiger partial charge in [0.15, 0.2) is 12.4 Å². The van der Waals surface area contributed by atoms with Crippen molar-refractivity contribution in [2.45, 2.75) is 26.1 Å². The van der Waals surface area contributed by atoms with E-state index < -0.39 is 12.2 Å². The van der Waals surface area contributed by atoms with Gasteiger partial charge in [-0.3, -0.25) is 4.79 Å². The average molecular weight is 171 g/mol. The van der Waals surface area contributed by atoms with Crippen LogP contribution in [-0.4, -0.2) is 42.4 Å². The second-order valence-electron chi connectivity index (χ2n) is 2.67. The van der Waals surface area contributed by atoms with Crippen molar-refractivity contribution >= 4 is 12.2 Å². The van der Waals surface area contributed by atoms with Gasteiger partial charge in [0.25, 0.3) is 5.91 Å². The summed E-state index contributed by atoms with van der Waals surface area (Å²) in [5.74, 6) is -0.0721. The molecule has 1 amide bonds. The molecule has 0 aromatic carbocycles. The van der Waals surface area contributed by atoms with E-state index in [0.717, 1.165) is 0 Å². The molecular formula is C8H13NO3. The summed E-state index contributed by atoms with van der Waals surface area (Å²) >= 11 is 0. The van der Waals surface area contributed by atoms with E-state index in [1.165, 1.54) is 0 Å². The lowest BCUT2D eigenvalue weighted by Gasteiger charge is -2.16. The van der Waals surface area contributed by atoms with Crippen LogP contribution >= 0.6 is 0 Å². The number of likely N-dealkylation sites (N-methyl/N-ethyl adjacent to an activating group) is 1. The van der Waals surface area contributed by atoms with Gasteiger partial charge in [0.2, 0.25) is 0 Å². The second-order valence-corrected chi connectivity index (χ2v) is 2.67. The minimum absolute atomic E-state index is 0.0721. The molecule has 1 saturated heterocycles. The van der Waals surface area contributed by atoms with Crippen molar-refractivity contribution in [1.29, 1.82) is 0 Å². The maximum Gasteiger partial charge on any atom is 0.254 e. The average Bonchev–Trinajstić information content (AvgIpc) is 2.85. The fourth-order valence-electron chi connectivity index (χ4n) is 1.14. The molecule has 0 N–H and O–H groups in total. The monoisotopic (exact) mass is 171 g/mol. The zero-order valence-corrected chi connectivity index (χ0v) is 7.32. The summed E-state index contributed by atoms with van der Waals surface area (Å²) in [7, 11) is 0. The molecule has 4 nitrogen and oxygen atoms in total. The van der Waals surface area contributed by atoms with Gasteiger partial charge >= 0.3 is 0 Å². The van der Waals surface area contributed by atoms with Crippen molar-refractivity contribution in [3.8, 4) is 0 Å². The lowest BCUT2D eigenvalue weighted by atomic mass is 10.3. The van der Waals surface area contributed by atoms with Crippen LogP contribution in [0.15, 0.2) is 0 Å². The van der Waals surface area contributed by atoms with Crippen molar-refractivity contribution in [3.05, 3.63) is 0 Å². The van der Waals surface area contributed by atoms with Gasteiger partial charge in [-0.05, 0) is 13.8 Å². The molecule has 0 aromatic heterocycles. The lowest BCUT2D eigenvalue weighted by Crippen LogP contribution is -2.34. The number of hydrogen-bond acceptors (Lipinski definition) is 3. The van der Waals surface area contributed by atoms with Gasteiger partial charge in [0.05, 0.1) is 0 Å². The van der Waals surface area contributed by atoms with Crippen LogP contribution in [0.1, 0.15) is 13.8 Å². The van der Waals surface area contributed by atoms with E-state index in [1.807, 2.05) is 13.8 Å². The Balaban J connectivity index is 2.42. The van der Waals surface area contributed by atoms with E-state index in [9.17, 15) is 9.59 Å². The van der Waals surface area contributed by atoms with Crippen LogP contribution in [0.5, 0.6) is 0 Å². The fourth-order valence-corrected chi connectivity index (χ4v) is 1.14.